The van der Waals surface area contributed by atoms with Crippen LogP contribution in [0.25, 0.3) is 5.65 Å². The third-order valence-electron chi connectivity index (χ3n) is 3.40. The molecule has 0 atom stereocenters. The fraction of sp³-hybridized carbons (Fsp3) is 0.333. The molecule has 19 heavy (non-hydrogen) atoms. The van der Waals surface area contributed by atoms with Crippen molar-refractivity contribution in [2.45, 2.75) is 19.2 Å². The van der Waals surface area contributed by atoms with Gasteiger partial charge in [-0.1, -0.05) is 30.8 Å². The minimum Gasteiger partial charge on any atom is -0.298 e. The van der Waals surface area contributed by atoms with E-state index < -0.39 is 0 Å². The van der Waals surface area contributed by atoms with E-state index in [0.717, 1.165) is 6.32 Å². The lowest BCUT2D eigenvalue weighted by molar-refractivity contribution is 0.112. The van der Waals surface area contributed by atoms with E-state index in [1.165, 1.54) is 19.0 Å². The molecular weight excluding hydrogens is 262 g/mol. The smallest absolute Gasteiger partial charge is 0.298 e. The van der Waals surface area contributed by atoms with Gasteiger partial charge in [0.25, 0.3) is 0 Å². The van der Waals surface area contributed by atoms with E-state index in [0.29, 0.717) is 29.0 Å². The molecule has 0 aromatic carbocycles. The largest absolute Gasteiger partial charge is 0.322 e. The van der Waals surface area contributed by atoms with Crippen LogP contribution in [0, 0.1) is 17.1 Å². The number of aldehydes is 1. The summed E-state index contributed by atoms with van der Waals surface area (Å²) in [6.45, 7) is -0.269. The fourth-order valence-corrected chi connectivity index (χ4v) is 2.42. The summed E-state index contributed by atoms with van der Waals surface area (Å²) in [6, 6.07) is 1.66. The van der Waals surface area contributed by atoms with E-state index >= 15 is 0 Å². The number of aromatic nitrogens is 3. The Hall–Kier alpha value is -1.87. The maximum Gasteiger partial charge on any atom is 0.322 e. The Balaban J connectivity index is 2.13. The predicted octanol–water partition coefficient (Wildman–Crippen LogP) is 1.37. The number of hydrogen-bond donors (Lipinski definition) is 0. The molecule has 1 saturated carbocycles. The second kappa shape index (κ2) is 4.67. The summed E-state index contributed by atoms with van der Waals surface area (Å²) < 4.78 is 1.55. The van der Waals surface area contributed by atoms with Crippen molar-refractivity contribution in [3.8, 4) is 5.97 Å². The summed E-state index contributed by atoms with van der Waals surface area (Å²) in [5, 5.41) is 13.8. The Morgan fingerprint density at radius 2 is 2.42 bits per heavy atom. The molecule has 5 nitrogen and oxygen atoms in total. The van der Waals surface area contributed by atoms with Crippen LogP contribution in [0.3, 0.4) is 0 Å². The quantitative estimate of drug-likeness (QED) is 0.479. The van der Waals surface area contributed by atoms with E-state index in [9.17, 15) is 10.1 Å². The van der Waals surface area contributed by atoms with Gasteiger partial charge in [-0.3, -0.25) is 4.79 Å². The van der Waals surface area contributed by atoms with Gasteiger partial charge in [0, 0.05) is 11.6 Å². The number of carbonyl (C=O) groups excluding carboxylic acids is 1. The van der Waals surface area contributed by atoms with Crippen molar-refractivity contribution in [2.24, 2.45) is 5.92 Å². The van der Waals surface area contributed by atoms with Crippen LogP contribution in [0.15, 0.2) is 12.3 Å². The summed E-state index contributed by atoms with van der Waals surface area (Å²) in [5.41, 5.74) is 1.50. The first-order chi connectivity index (χ1) is 9.22. The number of nitriles is 1. The van der Waals surface area contributed by atoms with E-state index in [1.54, 1.807) is 10.6 Å². The SMILES string of the molecule is N#CB(CC1CC1)c1cc(Cl)nc2c(C=O)cnn12. The summed E-state index contributed by atoms with van der Waals surface area (Å²) in [5.74, 6) is 2.92. The van der Waals surface area contributed by atoms with Crippen LogP contribution in [0.4, 0.5) is 0 Å². The highest BCUT2D eigenvalue weighted by atomic mass is 35.5. The van der Waals surface area contributed by atoms with Crippen molar-refractivity contribution in [2.75, 3.05) is 0 Å². The molecule has 0 saturated heterocycles. The second-order valence-corrected chi connectivity index (χ2v) is 5.20. The van der Waals surface area contributed by atoms with Gasteiger partial charge in [0.2, 0.25) is 0 Å². The van der Waals surface area contributed by atoms with Crippen LogP contribution >= 0.6 is 11.6 Å². The molecule has 0 radical (unpaired) electrons. The Labute approximate surface area is 115 Å². The van der Waals surface area contributed by atoms with E-state index in [-0.39, 0.29) is 11.9 Å². The van der Waals surface area contributed by atoms with Crippen molar-refractivity contribution in [1.29, 1.82) is 5.26 Å². The minimum absolute atomic E-state index is 0.269. The van der Waals surface area contributed by atoms with E-state index in [1.807, 2.05) is 0 Å². The Morgan fingerprint density at radius 1 is 1.63 bits per heavy atom. The molecule has 2 heterocycles. The molecule has 0 unspecified atom stereocenters. The summed E-state index contributed by atoms with van der Waals surface area (Å²) >= 11 is 5.99. The molecule has 7 heteroatoms. The lowest BCUT2D eigenvalue weighted by Crippen LogP contribution is -2.35. The zero-order valence-electron chi connectivity index (χ0n) is 10.1. The molecule has 0 amide bonds. The summed E-state index contributed by atoms with van der Waals surface area (Å²) in [7, 11) is 0. The average molecular weight is 273 g/mol. The molecule has 2 aromatic heterocycles. The van der Waals surface area contributed by atoms with Gasteiger partial charge in [-0.25, -0.2) is 14.8 Å². The second-order valence-electron chi connectivity index (χ2n) is 4.82. The topological polar surface area (TPSA) is 71.0 Å². The van der Waals surface area contributed by atoms with Gasteiger partial charge in [-0.2, -0.15) is 5.10 Å². The summed E-state index contributed by atoms with van der Waals surface area (Å²) in [4.78, 5) is 15.0. The lowest BCUT2D eigenvalue weighted by Gasteiger charge is -2.08. The fourth-order valence-electron chi connectivity index (χ4n) is 2.23. The van der Waals surface area contributed by atoms with Gasteiger partial charge >= 0.3 is 6.71 Å². The molecule has 3 rings (SSSR count). The molecule has 0 spiro atoms. The number of halogens is 1. The van der Waals surface area contributed by atoms with Crippen molar-refractivity contribution in [3.05, 3.63) is 23.0 Å². The monoisotopic (exact) mass is 272 g/mol. The van der Waals surface area contributed by atoms with Crippen molar-refractivity contribution >= 4 is 35.8 Å². The number of nitrogens with zero attached hydrogens (tertiary/aromatic N) is 4. The van der Waals surface area contributed by atoms with Gasteiger partial charge in [0.05, 0.1) is 11.8 Å². The zero-order valence-corrected chi connectivity index (χ0v) is 10.8. The van der Waals surface area contributed by atoms with Crippen molar-refractivity contribution in [3.63, 3.8) is 0 Å². The zero-order chi connectivity index (χ0) is 13.4. The highest BCUT2D eigenvalue weighted by Gasteiger charge is 2.31. The lowest BCUT2D eigenvalue weighted by atomic mass is 9.45. The van der Waals surface area contributed by atoms with Gasteiger partial charge in [0.1, 0.15) is 5.15 Å². The maximum absolute atomic E-state index is 10.9. The molecule has 94 valence electrons. The van der Waals surface area contributed by atoms with Gasteiger partial charge in [-0.05, 0) is 12.0 Å². The Bertz CT molecular complexity index is 689. The molecule has 1 aliphatic carbocycles. The van der Waals surface area contributed by atoms with Crippen LogP contribution in [-0.4, -0.2) is 27.6 Å². The Morgan fingerprint density at radius 3 is 3.05 bits per heavy atom. The molecular formula is C12H10BClN4O. The van der Waals surface area contributed by atoms with E-state index in [4.69, 9.17) is 11.6 Å². The third-order valence-corrected chi connectivity index (χ3v) is 3.59. The first kappa shape index (κ1) is 12.2. The maximum atomic E-state index is 10.9. The minimum atomic E-state index is -0.269. The van der Waals surface area contributed by atoms with Crippen LogP contribution in [0.5, 0.6) is 0 Å². The molecule has 1 aliphatic rings. The Kier molecular flexibility index (Phi) is 2.99. The highest BCUT2D eigenvalue weighted by molar-refractivity contribution is 6.79. The highest BCUT2D eigenvalue weighted by Crippen LogP contribution is 2.34. The van der Waals surface area contributed by atoms with Gasteiger partial charge in [-0.15, -0.1) is 0 Å². The first-order valence-electron chi connectivity index (χ1n) is 6.12. The van der Waals surface area contributed by atoms with Crippen LogP contribution in [-0.2, 0) is 0 Å². The molecule has 1 fully saturated rings. The molecule has 2 aromatic rings. The van der Waals surface area contributed by atoms with Crippen molar-refractivity contribution in [1.82, 2.24) is 14.6 Å². The molecule has 0 bridgehead atoms. The van der Waals surface area contributed by atoms with Gasteiger partial charge in [0.15, 0.2) is 11.9 Å². The number of hydrogen-bond acceptors (Lipinski definition) is 4. The third kappa shape index (κ3) is 2.22. The predicted molar refractivity (Wildman–Crippen MR) is 71.9 cm³/mol. The van der Waals surface area contributed by atoms with Crippen LogP contribution in [0.1, 0.15) is 23.2 Å². The van der Waals surface area contributed by atoms with Crippen molar-refractivity contribution < 1.29 is 4.79 Å². The van der Waals surface area contributed by atoms with Gasteiger partial charge < -0.3 is 0 Å². The molecule has 0 N–H and O–H groups in total. The average Bonchev–Trinajstić information content (AvgIpc) is 3.13. The molecule has 0 aliphatic heterocycles. The number of rotatable bonds is 4. The summed E-state index contributed by atoms with van der Waals surface area (Å²) in [6.07, 6.45) is 5.30. The number of carbonyl (C=O) groups is 1. The van der Waals surface area contributed by atoms with Crippen LogP contribution < -0.4 is 5.59 Å². The normalized spacial score (nSPS) is 14.3. The van der Waals surface area contributed by atoms with E-state index in [2.05, 4.69) is 16.1 Å². The number of fused-ring (bicyclic) bond motifs is 1. The standard InChI is InChI=1S/C12H10BClN4O/c14-11-3-10(13(7-15)4-8-1-2-8)18-12(17-11)9(6-19)5-16-18/h3,5-6,8H,1-2,4H2. The van der Waals surface area contributed by atoms with Crippen LogP contribution in [0.2, 0.25) is 11.5 Å². The first-order valence-corrected chi connectivity index (χ1v) is 6.49.